The van der Waals surface area contributed by atoms with Gasteiger partial charge in [-0.3, -0.25) is 4.90 Å². The summed E-state index contributed by atoms with van der Waals surface area (Å²) in [4.78, 5) is 14.1. The minimum atomic E-state index is -0.600. The van der Waals surface area contributed by atoms with Gasteiger partial charge in [-0.05, 0) is 40.2 Å². The maximum absolute atomic E-state index is 12.0. The molecule has 0 aromatic carbocycles. The second-order valence-corrected chi connectivity index (χ2v) is 8.34. The van der Waals surface area contributed by atoms with Crippen molar-refractivity contribution in [3.63, 3.8) is 0 Å². The molecule has 2 N–H and O–H groups in total. The van der Waals surface area contributed by atoms with Gasteiger partial charge in [-0.15, -0.1) is 11.8 Å². The predicted octanol–water partition coefficient (Wildman–Crippen LogP) is 2.29. The summed E-state index contributed by atoms with van der Waals surface area (Å²) in [5.41, 5.74) is -0.531. The lowest BCUT2D eigenvalue weighted by molar-refractivity contribution is 0.0334. The third-order valence-corrected chi connectivity index (χ3v) is 4.70. The molecular formula is C15H30N2O3S. The highest BCUT2D eigenvalue weighted by Crippen LogP contribution is 2.28. The molecule has 1 aliphatic rings. The van der Waals surface area contributed by atoms with Crippen LogP contribution in [0.1, 0.15) is 41.0 Å². The molecule has 21 heavy (non-hydrogen) atoms. The van der Waals surface area contributed by atoms with Crippen LogP contribution in [-0.2, 0) is 4.74 Å². The minimum Gasteiger partial charge on any atom is -0.444 e. The van der Waals surface area contributed by atoms with Gasteiger partial charge in [-0.1, -0.05) is 13.8 Å². The van der Waals surface area contributed by atoms with Crippen LogP contribution in [0.2, 0.25) is 0 Å². The zero-order valence-corrected chi connectivity index (χ0v) is 14.9. The summed E-state index contributed by atoms with van der Waals surface area (Å²) in [5.74, 6) is 1.40. The number of likely N-dealkylation sites (N-methyl/N-ethyl adjacent to an activating group) is 1. The van der Waals surface area contributed by atoms with E-state index in [9.17, 15) is 9.90 Å². The Morgan fingerprint density at radius 1 is 1.48 bits per heavy atom. The highest BCUT2D eigenvalue weighted by molar-refractivity contribution is 8.00. The first-order valence-electron chi connectivity index (χ1n) is 7.59. The predicted molar refractivity (Wildman–Crippen MR) is 87.5 cm³/mol. The number of hydrogen-bond donors (Lipinski definition) is 2. The van der Waals surface area contributed by atoms with E-state index < -0.39 is 17.8 Å². The number of ether oxygens (including phenoxy) is 1. The highest BCUT2D eigenvalue weighted by atomic mass is 32.2. The molecule has 1 heterocycles. The summed E-state index contributed by atoms with van der Waals surface area (Å²) in [6.45, 7) is 10.6. The van der Waals surface area contributed by atoms with Crippen LogP contribution in [0.25, 0.3) is 0 Å². The first kappa shape index (κ1) is 18.6. The lowest BCUT2D eigenvalue weighted by Crippen LogP contribution is -2.52. The zero-order valence-electron chi connectivity index (χ0n) is 14.0. The van der Waals surface area contributed by atoms with Gasteiger partial charge in [0.25, 0.3) is 0 Å². The number of nitrogens with one attached hydrogen (secondary N) is 1. The Kier molecular flexibility index (Phi) is 6.81. The van der Waals surface area contributed by atoms with Gasteiger partial charge in [0.2, 0.25) is 0 Å². The SMILES string of the molecule is CC(C)C[C@H](NC(=O)OC(C)(C)C)[C@@H](O)C1SCCN1C. The van der Waals surface area contributed by atoms with Crippen molar-refractivity contribution in [3.05, 3.63) is 0 Å². The molecule has 1 fully saturated rings. The molecule has 1 saturated heterocycles. The Morgan fingerprint density at radius 2 is 2.10 bits per heavy atom. The van der Waals surface area contributed by atoms with Gasteiger partial charge in [-0.25, -0.2) is 4.79 Å². The number of amides is 1. The average Bonchev–Trinajstić information content (AvgIpc) is 2.70. The van der Waals surface area contributed by atoms with Crippen LogP contribution in [-0.4, -0.2) is 58.6 Å². The lowest BCUT2D eigenvalue weighted by atomic mass is 9.98. The zero-order chi connectivity index (χ0) is 16.2. The fourth-order valence-corrected chi connectivity index (χ4v) is 3.76. The van der Waals surface area contributed by atoms with E-state index in [4.69, 9.17) is 4.74 Å². The van der Waals surface area contributed by atoms with E-state index in [0.717, 1.165) is 18.7 Å². The Hall–Kier alpha value is -0.460. The van der Waals surface area contributed by atoms with Crippen molar-refractivity contribution in [3.8, 4) is 0 Å². The molecule has 1 amide bonds. The molecule has 0 bridgehead atoms. The largest absolute Gasteiger partial charge is 0.444 e. The number of thioether (sulfide) groups is 1. The number of rotatable bonds is 5. The highest BCUT2D eigenvalue weighted by Gasteiger charge is 2.35. The van der Waals surface area contributed by atoms with Gasteiger partial charge in [0.15, 0.2) is 0 Å². The first-order chi connectivity index (χ1) is 9.60. The van der Waals surface area contributed by atoms with Gasteiger partial charge in [0.1, 0.15) is 5.60 Å². The number of alkyl carbamates (subject to hydrolysis) is 1. The second kappa shape index (κ2) is 7.70. The second-order valence-electron chi connectivity index (χ2n) is 7.11. The van der Waals surface area contributed by atoms with E-state index in [1.807, 2.05) is 27.8 Å². The fourth-order valence-electron chi connectivity index (χ4n) is 2.38. The molecule has 0 aliphatic carbocycles. The minimum absolute atomic E-state index is 0.0312. The maximum atomic E-state index is 12.0. The van der Waals surface area contributed by atoms with Crippen molar-refractivity contribution in [1.29, 1.82) is 0 Å². The van der Waals surface area contributed by atoms with Crippen molar-refractivity contribution in [2.24, 2.45) is 5.92 Å². The average molecular weight is 318 g/mol. The monoisotopic (exact) mass is 318 g/mol. The Balaban J connectivity index is 2.68. The first-order valence-corrected chi connectivity index (χ1v) is 8.64. The van der Waals surface area contributed by atoms with E-state index >= 15 is 0 Å². The fraction of sp³-hybridized carbons (Fsp3) is 0.933. The van der Waals surface area contributed by atoms with Gasteiger partial charge in [0.05, 0.1) is 17.5 Å². The molecule has 6 heteroatoms. The summed E-state index contributed by atoms with van der Waals surface area (Å²) >= 11 is 1.74. The molecular weight excluding hydrogens is 288 g/mol. The van der Waals surface area contributed by atoms with Crippen LogP contribution >= 0.6 is 11.8 Å². The topological polar surface area (TPSA) is 61.8 Å². The van der Waals surface area contributed by atoms with Crippen LogP contribution in [0, 0.1) is 5.92 Å². The number of carbonyl (C=O) groups is 1. The summed E-state index contributed by atoms with van der Waals surface area (Å²) < 4.78 is 5.31. The molecule has 124 valence electrons. The van der Waals surface area contributed by atoms with Crippen molar-refractivity contribution >= 4 is 17.9 Å². The summed E-state index contributed by atoms with van der Waals surface area (Å²) in [6, 6.07) is -0.294. The van der Waals surface area contributed by atoms with Crippen LogP contribution < -0.4 is 5.32 Å². The maximum Gasteiger partial charge on any atom is 0.407 e. The number of hydrogen-bond acceptors (Lipinski definition) is 5. The van der Waals surface area contributed by atoms with Crippen LogP contribution in [0.5, 0.6) is 0 Å². The van der Waals surface area contributed by atoms with Crippen LogP contribution in [0.4, 0.5) is 4.79 Å². The summed E-state index contributed by atoms with van der Waals surface area (Å²) in [7, 11) is 2.01. The van der Waals surface area contributed by atoms with Crippen molar-refractivity contribution in [2.75, 3.05) is 19.3 Å². The Labute approximate surface area is 132 Å². The molecule has 0 saturated carbocycles. The van der Waals surface area contributed by atoms with Gasteiger partial charge >= 0.3 is 6.09 Å². The quantitative estimate of drug-likeness (QED) is 0.814. The molecule has 0 aromatic rings. The molecule has 3 atom stereocenters. The van der Waals surface area contributed by atoms with Gasteiger partial charge in [-0.2, -0.15) is 0 Å². The van der Waals surface area contributed by atoms with Gasteiger partial charge in [0, 0.05) is 12.3 Å². The molecule has 0 aromatic heterocycles. The molecule has 5 nitrogen and oxygen atoms in total. The smallest absolute Gasteiger partial charge is 0.407 e. The molecule has 0 spiro atoms. The molecule has 1 rings (SSSR count). The normalized spacial score (nSPS) is 23.1. The van der Waals surface area contributed by atoms with E-state index in [-0.39, 0.29) is 11.4 Å². The summed E-state index contributed by atoms with van der Waals surface area (Å²) in [5, 5.41) is 13.5. The number of nitrogens with zero attached hydrogens (tertiary/aromatic N) is 1. The van der Waals surface area contributed by atoms with E-state index in [0.29, 0.717) is 5.92 Å². The van der Waals surface area contributed by atoms with Crippen molar-refractivity contribution < 1.29 is 14.6 Å². The van der Waals surface area contributed by atoms with Gasteiger partial charge < -0.3 is 15.2 Å². The number of aliphatic hydroxyl groups excluding tert-OH is 1. The van der Waals surface area contributed by atoms with E-state index in [2.05, 4.69) is 24.1 Å². The number of carbonyl (C=O) groups excluding carboxylic acids is 1. The van der Waals surface area contributed by atoms with Crippen molar-refractivity contribution in [2.45, 2.75) is 64.2 Å². The third kappa shape index (κ3) is 6.45. The van der Waals surface area contributed by atoms with Crippen LogP contribution in [0.3, 0.4) is 0 Å². The summed E-state index contributed by atoms with van der Waals surface area (Å²) in [6.07, 6.45) is -0.332. The third-order valence-electron chi connectivity index (χ3n) is 3.30. The van der Waals surface area contributed by atoms with E-state index in [1.165, 1.54) is 0 Å². The Bertz CT molecular complexity index is 344. The molecule has 1 aliphatic heterocycles. The van der Waals surface area contributed by atoms with Crippen LogP contribution in [0.15, 0.2) is 0 Å². The molecule has 0 radical (unpaired) electrons. The Morgan fingerprint density at radius 3 is 2.52 bits per heavy atom. The van der Waals surface area contributed by atoms with E-state index in [1.54, 1.807) is 11.8 Å². The standard InChI is InChI=1S/C15H30N2O3S/c1-10(2)9-11(16-14(19)20-15(3,4)5)12(18)13-17(6)7-8-21-13/h10-13,18H,7-9H2,1-6H3,(H,16,19)/t11-,12+,13?/m0/s1. The molecule has 1 unspecified atom stereocenters. The number of aliphatic hydroxyl groups is 1. The lowest BCUT2D eigenvalue weighted by Gasteiger charge is -2.32. The van der Waals surface area contributed by atoms with Crippen molar-refractivity contribution in [1.82, 2.24) is 10.2 Å².